The molecule has 0 bridgehead atoms. The Bertz CT molecular complexity index is 1180. The lowest BCUT2D eigenvalue weighted by atomic mass is 9.73. The number of hydrogen-bond acceptors (Lipinski definition) is 3. The van der Waals surface area contributed by atoms with Crippen LogP contribution in [0, 0.1) is 5.92 Å². The van der Waals surface area contributed by atoms with Gasteiger partial charge in [-0.1, -0.05) is 43.6 Å². The van der Waals surface area contributed by atoms with Gasteiger partial charge in [0.25, 0.3) is 5.56 Å². The molecule has 0 amide bonds. The van der Waals surface area contributed by atoms with E-state index >= 15 is 0 Å². The fourth-order valence-corrected chi connectivity index (χ4v) is 5.33. The molecule has 2 aliphatic heterocycles. The maximum absolute atomic E-state index is 12.9. The molecule has 3 aromatic rings. The highest BCUT2D eigenvalue weighted by molar-refractivity contribution is 6.35. The van der Waals surface area contributed by atoms with Gasteiger partial charge in [0.05, 0.1) is 27.0 Å². The molecule has 1 aromatic heterocycles. The summed E-state index contributed by atoms with van der Waals surface area (Å²) in [7, 11) is 0. The summed E-state index contributed by atoms with van der Waals surface area (Å²) in [6, 6.07) is 12.5. The summed E-state index contributed by atoms with van der Waals surface area (Å²) in [6.07, 6.45) is 2.33. The van der Waals surface area contributed by atoms with Crippen molar-refractivity contribution in [1.82, 2.24) is 14.9 Å². The summed E-state index contributed by atoms with van der Waals surface area (Å²) in [5.41, 5.74) is 4.06. The van der Waals surface area contributed by atoms with E-state index in [-0.39, 0.29) is 11.0 Å². The predicted molar refractivity (Wildman–Crippen MR) is 118 cm³/mol. The van der Waals surface area contributed by atoms with E-state index in [0.29, 0.717) is 22.2 Å². The summed E-state index contributed by atoms with van der Waals surface area (Å²) < 4.78 is 2.16. The van der Waals surface area contributed by atoms with Gasteiger partial charge in [0.15, 0.2) is 0 Å². The molecular formula is C24H26ClN3O. The van der Waals surface area contributed by atoms with Gasteiger partial charge in [0.2, 0.25) is 0 Å². The van der Waals surface area contributed by atoms with Gasteiger partial charge in [-0.2, -0.15) is 4.98 Å². The quantitative estimate of drug-likeness (QED) is 0.664. The molecule has 0 spiro atoms. The Morgan fingerprint density at radius 1 is 1.21 bits per heavy atom. The van der Waals surface area contributed by atoms with E-state index in [1.807, 2.05) is 12.1 Å². The standard InChI is InChI=1S/C24H26ClN3O/c1-14(2)24(3)17-13-16(15-9-11-26-12-10-15)7-8-19(17)28-20-6-4-5-18(25)21(20)22(29)27-23(24)28/h4-8,13-15,26H,9-12H2,1-3H3. The number of nitrogens with zero attached hydrogens (tertiary/aromatic N) is 2. The summed E-state index contributed by atoms with van der Waals surface area (Å²) in [5, 5.41) is 4.41. The molecule has 0 radical (unpaired) electrons. The van der Waals surface area contributed by atoms with Gasteiger partial charge in [0.1, 0.15) is 5.82 Å². The average Bonchev–Trinajstić information content (AvgIpc) is 2.98. The Hall–Kier alpha value is -2.17. The maximum Gasteiger partial charge on any atom is 0.282 e. The van der Waals surface area contributed by atoms with Gasteiger partial charge in [-0.25, -0.2) is 0 Å². The van der Waals surface area contributed by atoms with Gasteiger partial charge >= 0.3 is 0 Å². The molecule has 1 N–H and O–H groups in total. The molecule has 5 rings (SSSR count). The lowest BCUT2D eigenvalue weighted by molar-refractivity contribution is 0.393. The smallest absolute Gasteiger partial charge is 0.282 e. The van der Waals surface area contributed by atoms with Crippen LogP contribution in [0.3, 0.4) is 0 Å². The minimum absolute atomic E-state index is 0.241. The Kier molecular flexibility index (Phi) is 4.34. The first kappa shape index (κ1) is 18.8. The van der Waals surface area contributed by atoms with Crippen LogP contribution < -0.4 is 10.9 Å². The first-order chi connectivity index (χ1) is 13.9. The van der Waals surface area contributed by atoms with Crippen LogP contribution in [-0.4, -0.2) is 22.6 Å². The molecule has 1 saturated heterocycles. The zero-order chi connectivity index (χ0) is 20.3. The highest BCUT2D eigenvalue weighted by Crippen LogP contribution is 2.48. The highest BCUT2D eigenvalue weighted by atomic mass is 35.5. The van der Waals surface area contributed by atoms with Crippen molar-refractivity contribution in [3.8, 4) is 5.69 Å². The molecule has 5 heteroatoms. The van der Waals surface area contributed by atoms with Crippen LogP contribution in [0.4, 0.5) is 0 Å². The molecule has 0 aliphatic carbocycles. The van der Waals surface area contributed by atoms with Gasteiger partial charge in [-0.3, -0.25) is 9.36 Å². The minimum atomic E-state index is -0.325. The minimum Gasteiger partial charge on any atom is -0.317 e. The number of halogens is 1. The second kappa shape index (κ2) is 6.68. The lowest BCUT2D eigenvalue weighted by Crippen LogP contribution is -2.32. The van der Waals surface area contributed by atoms with Crippen molar-refractivity contribution < 1.29 is 0 Å². The zero-order valence-corrected chi connectivity index (χ0v) is 17.9. The third-order valence-electron chi connectivity index (χ3n) is 7.12. The largest absolute Gasteiger partial charge is 0.317 e. The van der Waals surface area contributed by atoms with Crippen LogP contribution in [0.15, 0.2) is 41.2 Å². The molecule has 2 aliphatic rings. The van der Waals surface area contributed by atoms with Crippen molar-refractivity contribution >= 4 is 22.5 Å². The van der Waals surface area contributed by atoms with Gasteiger partial charge < -0.3 is 5.32 Å². The highest BCUT2D eigenvalue weighted by Gasteiger charge is 2.45. The molecule has 4 nitrogen and oxygen atoms in total. The number of rotatable bonds is 2. The van der Waals surface area contributed by atoms with E-state index in [0.717, 1.165) is 30.1 Å². The van der Waals surface area contributed by atoms with Crippen molar-refractivity contribution in [2.24, 2.45) is 5.92 Å². The topological polar surface area (TPSA) is 46.9 Å². The third kappa shape index (κ3) is 2.62. The second-order valence-electron chi connectivity index (χ2n) is 8.87. The van der Waals surface area contributed by atoms with E-state index in [2.05, 4.69) is 53.8 Å². The molecule has 1 atom stereocenters. The van der Waals surface area contributed by atoms with Gasteiger partial charge in [0, 0.05) is 0 Å². The SMILES string of the molecule is CC(C)C1(C)c2cc(C3CCNCC3)ccc2-n2c1nc(=O)c1c(Cl)cccc12. The predicted octanol–water partition coefficient (Wildman–Crippen LogP) is 4.78. The summed E-state index contributed by atoms with van der Waals surface area (Å²) in [4.78, 5) is 17.5. The maximum atomic E-state index is 12.9. The molecule has 3 heterocycles. The molecule has 150 valence electrons. The van der Waals surface area contributed by atoms with Crippen molar-refractivity contribution in [1.29, 1.82) is 0 Å². The fraction of sp³-hybridized carbons (Fsp3) is 0.417. The molecule has 29 heavy (non-hydrogen) atoms. The number of benzene rings is 2. The summed E-state index contributed by atoms with van der Waals surface area (Å²) >= 11 is 6.39. The first-order valence-corrected chi connectivity index (χ1v) is 10.9. The van der Waals surface area contributed by atoms with Crippen molar-refractivity contribution in [2.75, 3.05) is 13.1 Å². The van der Waals surface area contributed by atoms with Crippen LogP contribution in [0.1, 0.15) is 56.5 Å². The fourth-order valence-electron chi connectivity index (χ4n) is 5.08. The third-order valence-corrected chi connectivity index (χ3v) is 7.43. The number of piperidine rings is 1. The molecular weight excluding hydrogens is 382 g/mol. The van der Waals surface area contributed by atoms with E-state index < -0.39 is 0 Å². The molecule has 0 saturated carbocycles. The Morgan fingerprint density at radius 2 is 1.97 bits per heavy atom. The van der Waals surface area contributed by atoms with E-state index in [9.17, 15) is 4.79 Å². The second-order valence-corrected chi connectivity index (χ2v) is 9.28. The van der Waals surface area contributed by atoms with Crippen LogP contribution in [-0.2, 0) is 5.41 Å². The van der Waals surface area contributed by atoms with Crippen molar-refractivity contribution in [3.63, 3.8) is 0 Å². The van der Waals surface area contributed by atoms with Crippen molar-refractivity contribution in [3.05, 3.63) is 68.7 Å². The monoisotopic (exact) mass is 407 g/mol. The van der Waals surface area contributed by atoms with Crippen molar-refractivity contribution in [2.45, 2.75) is 44.9 Å². The first-order valence-electron chi connectivity index (χ1n) is 10.5. The Labute approximate surface area is 175 Å². The van der Waals surface area contributed by atoms with Crippen LogP contribution in [0.25, 0.3) is 16.6 Å². The van der Waals surface area contributed by atoms with Crippen LogP contribution in [0.5, 0.6) is 0 Å². The van der Waals surface area contributed by atoms with Crippen LogP contribution >= 0.6 is 11.6 Å². The van der Waals surface area contributed by atoms with Gasteiger partial charge in [-0.15, -0.1) is 0 Å². The number of aromatic nitrogens is 2. The van der Waals surface area contributed by atoms with Crippen LogP contribution in [0.2, 0.25) is 5.02 Å². The van der Waals surface area contributed by atoms with Gasteiger partial charge in [-0.05, 0) is 74.0 Å². The number of nitrogens with one attached hydrogen (secondary N) is 1. The summed E-state index contributed by atoms with van der Waals surface area (Å²) in [5.74, 6) is 1.70. The lowest BCUT2D eigenvalue weighted by Gasteiger charge is -2.30. The Morgan fingerprint density at radius 3 is 2.69 bits per heavy atom. The Balaban J connectivity index is 1.81. The normalized spacial score (nSPS) is 21.6. The number of fused-ring (bicyclic) bond motifs is 5. The summed E-state index contributed by atoms with van der Waals surface area (Å²) in [6.45, 7) is 8.80. The van der Waals surface area contributed by atoms with E-state index in [1.165, 1.54) is 24.0 Å². The molecule has 1 fully saturated rings. The van der Waals surface area contributed by atoms with E-state index in [4.69, 9.17) is 11.6 Å². The van der Waals surface area contributed by atoms with E-state index in [1.54, 1.807) is 6.07 Å². The average molecular weight is 408 g/mol. The molecule has 2 aromatic carbocycles. The zero-order valence-electron chi connectivity index (χ0n) is 17.1. The molecule has 1 unspecified atom stereocenters. The number of hydrogen-bond donors (Lipinski definition) is 1.